The lowest BCUT2D eigenvalue weighted by Gasteiger charge is -2.10. The summed E-state index contributed by atoms with van der Waals surface area (Å²) in [5.41, 5.74) is 0. The van der Waals surface area contributed by atoms with E-state index in [1.807, 2.05) is 0 Å². The zero-order valence-electron chi connectivity index (χ0n) is 8.33. The topological polar surface area (TPSA) is 52.6 Å². The van der Waals surface area contributed by atoms with Gasteiger partial charge in [0.05, 0.1) is 13.2 Å². The van der Waals surface area contributed by atoms with Gasteiger partial charge in [0.15, 0.2) is 0 Å². The number of carbonyl (C=O) groups excluding carboxylic acids is 2. The number of hydrogen-bond donors (Lipinski definition) is 0. The Morgan fingerprint density at radius 2 is 2.00 bits per heavy atom. The molecule has 0 amide bonds. The molecule has 0 aromatic carbocycles. The Morgan fingerprint density at radius 1 is 1.38 bits per heavy atom. The number of rotatable bonds is 5. The average molecular weight is 188 g/mol. The van der Waals surface area contributed by atoms with E-state index in [0.717, 1.165) is 0 Å². The second-order valence-corrected chi connectivity index (χ2v) is 2.89. The van der Waals surface area contributed by atoms with E-state index in [2.05, 4.69) is 4.74 Å². The van der Waals surface area contributed by atoms with E-state index >= 15 is 0 Å². The van der Waals surface area contributed by atoms with Gasteiger partial charge in [-0.15, -0.1) is 0 Å². The van der Waals surface area contributed by atoms with E-state index in [1.165, 1.54) is 14.0 Å². The first-order valence-corrected chi connectivity index (χ1v) is 4.30. The summed E-state index contributed by atoms with van der Waals surface area (Å²) >= 11 is 0. The van der Waals surface area contributed by atoms with E-state index in [0.29, 0.717) is 19.3 Å². The van der Waals surface area contributed by atoms with Crippen LogP contribution in [-0.2, 0) is 19.1 Å². The molecule has 0 rings (SSSR count). The van der Waals surface area contributed by atoms with Crippen molar-refractivity contribution in [3.05, 3.63) is 0 Å². The molecule has 0 heterocycles. The van der Waals surface area contributed by atoms with Gasteiger partial charge < -0.3 is 9.47 Å². The van der Waals surface area contributed by atoms with Crippen LogP contribution >= 0.6 is 0 Å². The lowest BCUT2D eigenvalue weighted by molar-refractivity contribution is -0.145. The lowest BCUT2D eigenvalue weighted by Crippen LogP contribution is -2.12. The molecule has 76 valence electrons. The monoisotopic (exact) mass is 188 g/mol. The smallest absolute Gasteiger partial charge is 0.305 e. The number of hydrogen-bond acceptors (Lipinski definition) is 4. The van der Waals surface area contributed by atoms with Crippen LogP contribution in [0, 0.1) is 0 Å². The zero-order valence-corrected chi connectivity index (χ0v) is 8.33. The fraction of sp³-hybridized carbons (Fsp3) is 0.778. The van der Waals surface area contributed by atoms with E-state index in [1.54, 1.807) is 6.92 Å². The number of methoxy groups -OCH3 is 1. The van der Waals surface area contributed by atoms with Gasteiger partial charge >= 0.3 is 11.9 Å². The minimum atomic E-state index is -0.287. The third-order valence-corrected chi connectivity index (χ3v) is 1.59. The Hall–Kier alpha value is -1.06. The Morgan fingerprint density at radius 3 is 2.46 bits per heavy atom. The maximum absolute atomic E-state index is 10.7. The first-order chi connectivity index (χ1) is 6.06. The van der Waals surface area contributed by atoms with Gasteiger partial charge in [0.25, 0.3) is 0 Å². The standard InChI is InChI=1S/C9H16O4/c1-7(13-8(2)10)5-4-6-9(11)12-3/h7H,4-6H2,1-3H3. The first kappa shape index (κ1) is 11.9. The molecule has 1 atom stereocenters. The number of ether oxygens (including phenoxy) is 2. The molecule has 13 heavy (non-hydrogen) atoms. The predicted molar refractivity (Wildman–Crippen MR) is 47.1 cm³/mol. The molecular formula is C9H16O4. The minimum absolute atomic E-state index is 0.123. The van der Waals surface area contributed by atoms with E-state index in [9.17, 15) is 9.59 Å². The van der Waals surface area contributed by atoms with Crippen molar-refractivity contribution in [2.45, 2.75) is 39.2 Å². The molecule has 0 N–H and O–H groups in total. The molecule has 4 nitrogen and oxygen atoms in total. The molecule has 0 radical (unpaired) electrons. The van der Waals surface area contributed by atoms with Crippen molar-refractivity contribution in [1.82, 2.24) is 0 Å². The molecule has 0 saturated carbocycles. The maximum Gasteiger partial charge on any atom is 0.305 e. The molecule has 0 spiro atoms. The van der Waals surface area contributed by atoms with Crippen molar-refractivity contribution in [2.24, 2.45) is 0 Å². The largest absolute Gasteiger partial charge is 0.469 e. The van der Waals surface area contributed by atoms with Crippen LogP contribution in [0.1, 0.15) is 33.1 Å². The Balaban J connectivity index is 3.42. The maximum atomic E-state index is 10.7. The molecule has 0 aliphatic rings. The van der Waals surface area contributed by atoms with Crippen molar-refractivity contribution >= 4 is 11.9 Å². The number of esters is 2. The van der Waals surface area contributed by atoms with Gasteiger partial charge in [-0.1, -0.05) is 0 Å². The highest BCUT2D eigenvalue weighted by Gasteiger charge is 2.06. The van der Waals surface area contributed by atoms with Crippen LogP contribution in [0.5, 0.6) is 0 Å². The van der Waals surface area contributed by atoms with Gasteiger partial charge in [0.2, 0.25) is 0 Å². The zero-order chi connectivity index (χ0) is 10.3. The van der Waals surface area contributed by atoms with Crippen LogP contribution in [-0.4, -0.2) is 25.2 Å². The molecule has 0 fully saturated rings. The summed E-state index contributed by atoms with van der Waals surface area (Å²) in [4.78, 5) is 21.2. The molecule has 0 aliphatic heterocycles. The van der Waals surface area contributed by atoms with Crippen LogP contribution in [0.3, 0.4) is 0 Å². The summed E-state index contributed by atoms with van der Waals surface area (Å²) in [5, 5.41) is 0. The number of carbonyl (C=O) groups is 2. The van der Waals surface area contributed by atoms with Gasteiger partial charge in [-0.2, -0.15) is 0 Å². The normalized spacial score (nSPS) is 11.9. The van der Waals surface area contributed by atoms with Gasteiger partial charge in [-0.25, -0.2) is 0 Å². The minimum Gasteiger partial charge on any atom is -0.469 e. The van der Waals surface area contributed by atoms with Crippen molar-refractivity contribution in [2.75, 3.05) is 7.11 Å². The molecule has 0 aliphatic carbocycles. The third-order valence-electron chi connectivity index (χ3n) is 1.59. The average Bonchev–Trinajstić information content (AvgIpc) is 2.02. The first-order valence-electron chi connectivity index (χ1n) is 4.30. The summed E-state index contributed by atoms with van der Waals surface area (Å²) in [6.07, 6.45) is 1.62. The van der Waals surface area contributed by atoms with Crippen molar-refractivity contribution in [1.29, 1.82) is 0 Å². The third kappa shape index (κ3) is 7.31. The second kappa shape index (κ2) is 6.46. The van der Waals surface area contributed by atoms with E-state index in [-0.39, 0.29) is 18.0 Å². The molecule has 0 aromatic heterocycles. The SMILES string of the molecule is COC(=O)CCCC(C)OC(C)=O. The second-order valence-electron chi connectivity index (χ2n) is 2.89. The molecule has 4 heteroatoms. The van der Waals surface area contributed by atoms with Crippen LogP contribution in [0.15, 0.2) is 0 Å². The van der Waals surface area contributed by atoms with Crippen molar-refractivity contribution in [3.8, 4) is 0 Å². The van der Waals surface area contributed by atoms with Crippen molar-refractivity contribution in [3.63, 3.8) is 0 Å². The highest BCUT2D eigenvalue weighted by molar-refractivity contribution is 5.69. The predicted octanol–water partition coefficient (Wildman–Crippen LogP) is 1.28. The highest BCUT2D eigenvalue weighted by Crippen LogP contribution is 2.05. The Kier molecular flexibility index (Phi) is 5.93. The van der Waals surface area contributed by atoms with Crippen LogP contribution < -0.4 is 0 Å². The van der Waals surface area contributed by atoms with Crippen molar-refractivity contribution < 1.29 is 19.1 Å². The molecular weight excluding hydrogens is 172 g/mol. The summed E-state index contributed by atoms with van der Waals surface area (Å²) < 4.78 is 9.34. The summed E-state index contributed by atoms with van der Waals surface area (Å²) in [6.45, 7) is 3.18. The van der Waals surface area contributed by atoms with Crippen LogP contribution in [0.4, 0.5) is 0 Å². The Bertz CT molecular complexity index is 176. The van der Waals surface area contributed by atoms with Gasteiger partial charge in [0.1, 0.15) is 0 Å². The summed E-state index contributed by atoms with van der Waals surface area (Å²) in [7, 11) is 1.36. The molecule has 0 aromatic rings. The molecule has 1 unspecified atom stereocenters. The fourth-order valence-electron chi connectivity index (χ4n) is 0.978. The lowest BCUT2D eigenvalue weighted by atomic mass is 10.2. The fourth-order valence-corrected chi connectivity index (χ4v) is 0.978. The van der Waals surface area contributed by atoms with Crippen LogP contribution in [0.2, 0.25) is 0 Å². The summed E-state index contributed by atoms with van der Waals surface area (Å²) in [5.74, 6) is -0.513. The summed E-state index contributed by atoms with van der Waals surface area (Å²) in [6, 6.07) is 0. The quantitative estimate of drug-likeness (QED) is 0.610. The Labute approximate surface area is 78.2 Å². The highest BCUT2D eigenvalue weighted by atomic mass is 16.5. The molecule has 0 bridgehead atoms. The van der Waals surface area contributed by atoms with E-state index < -0.39 is 0 Å². The van der Waals surface area contributed by atoms with Gasteiger partial charge in [0, 0.05) is 13.3 Å². The molecule has 0 saturated heterocycles. The van der Waals surface area contributed by atoms with Gasteiger partial charge in [-0.05, 0) is 19.8 Å². The van der Waals surface area contributed by atoms with Gasteiger partial charge in [-0.3, -0.25) is 9.59 Å². The van der Waals surface area contributed by atoms with E-state index in [4.69, 9.17) is 4.74 Å². The van der Waals surface area contributed by atoms with Crippen LogP contribution in [0.25, 0.3) is 0 Å².